The number of ether oxygens (including phenoxy) is 1. The number of para-hydroxylation sites is 1. The quantitative estimate of drug-likeness (QED) is 0.640. The van der Waals surface area contributed by atoms with Crippen LogP contribution in [0.3, 0.4) is 0 Å². The number of hydrogen-bond donors (Lipinski definition) is 2. The summed E-state index contributed by atoms with van der Waals surface area (Å²) in [5.74, 6) is 2.75. The molecule has 2 N–H and O–H groups in total. The van der Waals surface area contributed by atoms with Crippen LogP contribution < -0.4 is 15.4 Å². The first-order valence-electron chi connectivity index (χ1n) is 12.1. The number of nitrogens with one attached hydrogen (secondary N) is 2. The predicted octanol–water partition coefficient (Wildman–Crippen LogP) is 4.56. The van der Waals surface area contributed by atoms with Gasteiger partial charge in [0.25, 0.3) is 5.91 Å². The smallest absolute Gasteiger partial charge is 0.255 e. The lowest BCUT2D eigenvalue weighted by Gasteiger charge is -2.59. The minimum atomic E-state index is -0.571. The van der Waals surface area contributed by atoms with Gasteiger partial charge in [0.15, 0.2) is 0 Å². The van der Waals surface area contributed by atoms with Crippen LogP contribution >= 0.6 is 0 Å². The molecule has 0 radical (unpaired) electrons. The van der Waals surface area contributed by atoms with Crippen LogP contribution in [0.15, 0.2) is 24.3 Å². The normalized spacial score (nSPS) is 30.7. The molecule has 0 spiro atoms. The molecule has 170 valence electrons. The summed E-state index contributed by atoms with van der Waals surface area (Å²) in [4.78, 5) is 26.3. The molecule has 4 saturated carbocycles. The molecule has 0 heterocycles. The molecule has 1 aromatic carbocycles. The average Bonchev–Trinajstić information content (AvgIpc) is 2.71. The topological polar surface area (TPSA) is 67.4 Å². The summed E-state index contributed by atoms with van der Waals surface area (Å²) in [6, 6.07) is 6.77. The largest absolute Gasteiger partial charge is 0.493 e. The number of amides is 2. The van der Waals surface area contributed by atoms with E-state index in [1.807, 2.05) is 32.9 Å². The zero-order valence-corrected chi connectivity index (χ0v) is 19.4. The van der Waals surface area contributed by atoms with Crippen LogP contribution in [0.1, 0.15) is 76.6 Å². The highest BCUT2D eigenvalue weighted by atomic mass is 16.5. The number of rotatable bonds is 8. The van der Waals surface area contributed by atoms with Gasteiger partial charge in [0.2, 0.25) is 5.91 Å². The van der Waals surface area contributed by atoms with Gasteiger partial charge in [0, 0.05) is 6.04 Å². The van der Waals surface area contributed by atoms with Gasteiger partial charge in [0.1, 0.15) is 11.8 Å². The molecule has 5 nitrogen and oxygen atoms in total. The third-order valence-electron chi connectivity index (χ3n) is 8.03. The third-order valence-corrected chi connectivity index (χ3v) is 8.03. The molecule has 2 unspecified atom stereocenters. The van der Waals surface area contributed by atoms with Gasteiger partial charge in [-0.2, -0.15) is 0 Å². The van der Waals surface area contributed by atoms with E-state index in [9.17, 15) is 9.59 Å². The lowest BCUT2D eigenvalue weighted by molar-refractivity contribution is -0.128. The van der Waals surface area contributed by atoms with E-state index in [0.29, 0.717) is 17.9 Å². The Bertz CT molecular complexity index is 783. The van der Waals surface area contributed by atoms with E-state index < -0.39 is 6.04 Å². The summed E-state index contributed by atoms with van der Waals surface area (Å²) in [6.07, 6.45) is 7.93. The first-order valence-corrected chi connectivity index (χ1v) is 12.1. The molecule has 4 aliphatic rings. The standard InChI is InChI=1S/C26H38N2O3/c1-5-31-22-9-7-6-8-21(22)24(29)28-23(16(2)3)25(30)27-17(4)26-13-18-10-19(14-26)12-20(11-18)15-26/h6-9,16-20,23H,5,10-15H2,1-4H3,(H,27,30)(H,28,29). The van der Waals surface area contributed by atoms with Crippen LogP contribution in [0.4, 0.5) is 0 Å². The SMILES string of the molecule is CCOc1ccccc1C(=O)NC(C(=O)NC(C)C12CC3CC(CC(C3)C1)C2)C(C)C. The third kappa shape index (κ3) is 4.47. The molecule has 4 fully saturated rings. The summed E-state index contributed by atoms with van der Waals surface area (Å²) in [6.45, 7) is 8.53. The van der Waals surface area contributed by atoms with E-state index in [1.54, 1.807) is 12.1 Å². The first-order chi connectivity index (χ1) is 14.8. The van der Waals surface area contributed by atoms with Crippen molar-refractivity contribution in [3.8, 4) is 5.75 Å². The molecule has 0 saturated heterocycles. The minimum Gasteiger partial charge on any atom is -0.493 e. The van der Waals surface area contributed by atoms with Crippen molar-refractivity contribution in [2.75, 3.05) is 6.61 Å². The molecule has 2 atom stereocenters. The van der Waals surface area contributed by atoms with Crippen LogP contribution in [0.2, 0.25) is 0 Å². The highest BCUT2D eigenvalue weighted by Crippen LogP contribution is 2.61. The fourth-order valence-electron chi connectivity index (χ4n) is 6.85. The maximum absolute atomic E-state index is 13.3. The van der Waals surface area contributed by atoms with Crippen LogP contribution in [0.25, 0.3) is 0 Å². The zero-order valence-electron chi connectivity index (χ0n) is 19.4. The summed E-state index contributed by atoms with van der Waals surface area (Å²) < 4.78 is 5.60. The highest BCUT2D eigenvalue weighted by molar-refractivity contribution is 5.99. The monoisotopic (exact) mass is 426 g/mol. The van der Waals surface area contributed by atoms with Gasteiger partial charge in [0.05, 0.1) is 12.2 Å². The molecule has 4 aliphatic carbocycles. The highest BCUT2D eigenvalue weighted by Gasteiger charge is 2.53. The van der Waals surface area contributed by atoms with Crippen LogP contribution in [-0.4, -0.2) is 30.5 Å². The van der Waals surface area contributed by atoms with E-state index in [2.05, 4.69) is 17.6 Å². The second-order valence-electron chi connectivity index (χ2n) is 10.6. The molecule has 0 aromatic heterocycles. The fraction of sp³-hybridized carbons (Fsp3) is 0.692. The van der Waals surface area contributed by atoms with Gasteiger partial charge < -0.3 is 15.4 Å². The van der Waals surface area contributed by atoms with Crippen LogP contribution in [-0.2, 0) is 4.79 Å². The van der Waals surface area contributed by atoms with Crippen LogP contribution in [0, 0.1) is 29.1 Å². The van der Waals surface area contributed by atoms with E-state index in [0.717, 1.165) is 17.8 Å². The van der Waals surface area contributed by atoms with Crippen molar-refractivity contribution >= 4 is 11.8 Å². The average molecular weight is 427 g/mol. The van der Waals surface area contributed by atoms with E-state index in [-0.39, 0.29) is 29.2 Å². The summed E-state index contributed by atoms with van der Waals surface area (Å²) >= 11 is 0. The van der Waals surface area contributed by atoms with Crippen molar-refractivity contribution < 1.29 is 14.3 Å². The Balaban J connectivity index is 1.44. The predicted molar refractivity (Wildman–Crippen MR) is 122 cm³/mol. The second-order valence-corrected chi connectivity index (χ2v) is 10.6. The summed E-state index contributed by atoms with van der Waals surface area (Å²) in [7, 11) is 0. The van der Waals surface area contributed by atoms with Gasteiger partial charge in [-0.25, -0.2) is 0 Å². The first kappa shape index (κ1) is 22.2. The Kier molecular flexibility index (Phi) is 6.32. The molecule has 31 heavy (non-hydrogen) atoms. The van der Waals surface area contributed by atoms with E-state index >= 15 is 0 Å². The molecule has 2 amide bonds. The molecule has 5 heteroatoms. The van der Waals surface area contributed by atoms with Crippen LogP contribution in [0.5, 0.6) is 5.75 Å². The van der Waals surface area contributed by atoms with Gasteiger partial charge in [-0.1, -0.05) is 26.0 Å². The van der Waals surface area contributed by atoms with E-state index in [1.165, 1.54) is 38.5 Å². The lowest BCUT2D eigenvalue weighted by atomic mass is 9.48. The van der Waals surface area contributed by atoms with Crippen molar-refractivity contribution in [1.82, 2.24) is 10.6 Å². The minimum absolute atomic E-state index is 0.00762. The van der Waals surface area contributed by atoms with Gasteiger partial charge in [-0.3, -0.25) is 9.59 Å². The van der Waals surface area contributed by atoms with Crippen molar-refractivity contribution in [3.63, 3.8) is 0 Å². The number of carbonyl (C=O) groups excluding carboxylic acids is 2. The Labute approximate surface area is 186 Å². The molecule has 0 aliphatic heterocycles. The molecular formula is C26H38N2O3. The van der Waals surface area contributed by atoms with Gasteiger partial charge in [-0.15, -0.1) is 0 Å². The molecule has 1 aromatic rings. The summed E-state index contributed by atoms with van der Waals surface area (Å²) in [5, 5.41) is 6.31. The fourth-order valence-corrected chi connectivity index (χ4v) is 6.85. The van der Waals surface area contributed by atoms with Gasteiger partial charge in [-0.05, 0) is 93.6 Å². The zero-order chi connectivity index (χ0) is 22.2. The number of hydrogen-bond acceptors (Lipinski definition) is 3. The van der Waals surface area contributed by atoms with E-state index in [4.69, 9.17) is 4.74 Å². The van der Waals surface area contributed by atoms with Crippen molar-refractivity contribution in [3.05, 3.63) is 29.8 Å². The Morgan fingerprint density at radius 1 is 1.00 bits per heavy atom. The Hall–Kier alpha value is -2.04. The molecule has 4 bridgehead atoms. The molecular weight excluding hydrogens is 388 g/mol. The number of carbonyl (C=O) groups is 2. The van der Waals surface area contributed by atoms with Gasteiger partial charge >= 0.3 is 0 Å². The van der Waals surface area contributed by atoms with Crippen molar-refractivity contribution in [2.45, 2.75) is 78.3 Å². The lowest BCUT2D eigenvalue weighted by Crippen LogP contribution is -2.59. The maximum atomic E-state index is 13.3. The second kappa shape index (κ2) is 8.84. The number of benzene rings is 1. The Morgan fingerprint density at radius 3 is 2.13 bits per heavy atom. The summed E-state index contributed by atoms with van der Waals surface area (Å²) in [5.41, 5.74) is 0.717. The van der Waals surface area contributed by atoms with Crippen molar-refractivity contribution in [2.24, 2.45) is 29.1 Å². The maximum Gasteiger partial charge on any atom is 0.255 e. The molecule has 5 rings (SSSR count). The van der Waals surface area contributed by atoms with Crippen molar-refractivity contribution in [1.29, 1.82) is 0 Å². The Morgan fingerprint density at radius 2 is 1.58 bits per heavy atom.